The van der Waals surface area contributed by atoms with Crippen LogP contribution in [0.5, 0.6) is 5.75 Å². The fourth-order valence-electron chi connectivity index (χ4n) is 2.29. The highest BCUT2D eigenvalue weighted by Gasteiger charge is 2.28. The van der Waals surface area contributed by atoms with Crippen LogP contribution in [-0.4, -0.2) is 5.78 Å². The number of halogens is 2. The molecule has 0 amide bonds. The van der Waals surface area contributed by atoms with Crippen molar-refractivity contribution in [1.82, 2.24) is 0 Å². The van der Waals surface area contributed by atoms with Crippen molar-refractivity contribution in [2.45, 2.75) is 19.4 Å². The summed E-state index contributed by atoms with van der Waals surface area (Å²) < 4.78 is 5.90. The van der Waals surface area contributed by atoms with Gasteiger partial charge in [0.25, 0.3) is 0 Å². The Balaban J connectivity index is 1.97. The van der Waals surface area contributed by atoms with Gasteiger partial charge >= 0.3 is 0 Å². The monoisotopic (exact) mass is 306 g/mol. The summed E-state index contributed by atoms with van der Waals surface area (Å²) in [5.74, 6) is 0.614. The van der Waals surface area contributed by atoms with Crippen LogP contribution in [0.2, 0.25) is 10.0 Å². The number of carbonyl (C=O) groups excluding carboxylic acids is 1. The van der Waals surface area contributed by atoms with Crippen LogP contribution < -0.4 is 4.74 Å². The average Bonchev–Trinajstić information content (AvgIpc) is 2.42. The summed E-state index contributed by atoms with van der Waals surface area (Å²) >= 11 is 12.0. The number of Topliss-reactive ketones (excluding diaryl/α,β-unsaturated/α-hetero) is 1. The molecular weight excluding hydrogens is 295 g/mol. The van der Waals surface area contributed by atoms with E-state index in [4.69, 9.17) is 27.9 Å². The summed E-state index contributed by atoms with van der Waals surface area (Å²) in [6.45, 7) is 1.94. The molecule has 0 spiro atoms. The highest BCUT2D eigenvalue weighted by atomic mass is 35.5. The molecule has 1 heterocycles. The van der Waals surface area contributed by atoms with Crippen molar-refractivity contribution in [3.8, 4) is 5.75 Å². The smallest absolute Gasteiger partial charge is 0.170 e. The average molecular weight is 307 g/mol. The molecule has 0 bridgehead atoms. The van der Waals surface area contributed by atoms with Crippen LogP contribution in [-0.2, 0) is 0 Å². The van der Waals surface area contributed by atoms with E-state index in [9.17, 15) is 4.79 Å². The number of carbonyl (C=O) groups is 1. The van der Waals surface area contributed by atoms with E-state index >= 15 is 0 Å². The third-order valence-electron chi connectivity index (χ3n) is 3.45. The molecular formula is C16H12Cl2O2. The summed E-state index contributed by atoms with van der Waals surface area (Å²) in [4.78, 5) is 12.2. The van der Waals surface area contributed by atoms with Gasteiger partial charge in [-0.2, -0.15) is 0 Å². The Hall–Kier alpha value is -1.51. The Labute approximate surface area is 127 Å². The first kappa shape index (κ1) is 13.5. The highest BCUT2D eigenvalue weighted by molar-refractivity contribution is 6.31. The molecule has 4 heteroatoms. The fraction of sp³-hybridized carbons (Fsp3) is 0.188. The van der Waals surface area contributed by atoms with Gasteiger partial charge in [0.1, 0.15) is 11.9 Å². The standard InChI is InChI=1S/C16H12Cl2O2/c1-9-2-3-10(6-13(9)18)16-8-14(19)12-7-11(17)4-5-15(12)20-16/h2-7,16H,8H2,1H3. The highest BCUT2D eigenvalue weighted by Crippen LogP contribution is 2.36. The molecule has 2 nitrogen and oxygen atoms in total. The van der Waals surface area contributed by atoms with Gasteiger partial charge in [-0.25, -0.2) is 0 Å². The van der Waals surface area contributed by atoms with Crippen molar-refractivity contribution in [1.29, 1.82) is 0 Å². The molecule has 1 aliphatic heterocycles. The van der Waals surface area contributed by atoms with Crippen molar-refractivity contribution < 1.29 is 9.53 Å². The molecule has 0 aromatic heterocycles. The second kappa shape index (κ2) is 5.12. The first-order chi connectivity index (χ1) is 9.54. The zero-order valence-corrected chi connectivity index (χ0v) is 12.3. The summed E-state index contributed by atoms with van der Waals surface area (Å²) in [6, 6.07) is 10.8. The zero-order valence-electron chi connectivity index (χ0n) is 10.8. The largest absolute Gasteiger partial charge is 0.484 e. The minimum absolute atomic E-state index is 0.0375. The Kier molecular flexibility index (Phi) is 3.45. The van der Waals surface area contributed by atoms with Gasteiger partial charge in [-0.15, -0.1) is 0 Å². The van der Waals surface area contributed by atoms with Crippen LogP contribution in [0.15, 0.2) is 36.4 Å². The predicted molar refractivity (Wildman–Crippen MR) is 80.0 cm³/mol. The van der Waals surface area contributed by atoms with Gasteiger partial charge in [-0.1, -0.05) is 35.3 Å². The number of hydrogen-bond acceptors (Lipinski definition) is 2. The van der Waals surface area contributed by atoms with Crippen molar-refractivity contribution in [2.24, 2.45) is 0 Å². The van der Waals surface area contributed by atoms with Gasteiger partial charge in [0.05, 0.1) is 12.0 Å². The van der Waals surface area contributed by atoms with E-state index < -0.39 is 0 Å². The molecule has 0 aliphatic carbocycles. The van der Waals surface area contributed by atoms with Gasteiger partial charge in [-0.3, -0.25) is 4.79 Å². The number of ketones is 1. The van der Waals surface area contributed by atoms with Crippen LogP contribution in [0.1, 0.15) is 34.0 Å². The SMILES string of the molecule is Cc1ccc(C2CC(=O)c3cc(Cl)ccc3O2)cc1Cl. The summed E-state index contributed by atoms with van der Waals surface area (Å²) in [7, 11) is 0. The first-order valence-electron chi connectivity index (χ1n) is 6.30. The van der Waals surface area contributed by atoms with Crippen molar-refractivity contribution >= 4 is 29.0 Å². The van der Waals surface area contributed by atoms with E-state index in [1.807, 2.05) is 25.1 Å². The molecule has 102 valence electrons. The van der Waals surface area contributed by atoms with E-state index in [1.165, 1.54) is 0 Å². The summed E-state index contributed by atoms with van der Waals surface area (Å²) in [5, 5.41) is 1.22. The van der Waals surface area contributed by atoms with Crippen LogP contribution in [0.4, 0.5) is 0 Å². The molecule has 0 fully saturated rings. The lowest BCUT2D eigenvalue weighted by Crippen LogP contribution is -2.20. The number of aryl methyl sites for hydroxylation is 1. The van der Waals surface area contributed by atoms with E-state index in [1.54, 1.807) is 18.2 Å². The van der Waals surface area contributed by atoms with E-state index in [-0.39, 0.29) is 11.9 Å². The van der Waals surface area contributed by atoms with Gasteiger partial charge in [0.15, 0.2) is 5.78 Å². The number of benzene rings is 2. The molecule has 2 aromatic carbocycles. The summed E-state index contributed by atoms with van der Waals surface area (Å²) in [6.07, 6.45) is 0.00138. The number of rotatable bonds is 1. The minimum atomic E-state index is -0.297. The Bertz CT molecular complexity index is 695. The number of fused-ring (bicyclic) bond motifs is 1. The molecule has 0 radical (unpaired) electrons. The molecule has 2 aromatic rings. The van der Waals surface area contributed by atoms with Crippen LogP contribution in [0.25, 0.3) is 0 Å². The number of ether oxygens (including phenoxy) is 1. The maximum Gasteiger partial charge on any atom is 0.170 e. The quantitative estimate of drug-likeness (QED) is 0.740. The summed E-state index contributed by atoms with van der Waals surface area (Å²) in [5.41, 5.74) is 2.46. The van der Waals surface area contributed by atoms with Gasteiger partial charge in [0.2, 0.25) is 0 Å². The lowest BCUT2D eigenvalue weighted by molar-refractivity contribution is 0.0850. The third kappa shape index (κ3) is 2.41. The molecule has 0 saturated heterocycles. The number of hydrogen-bond donors (Lipinski definition) is 0. The molecule has 20 heavy (non-hydrogen) atoms. The second-order valence-electron chi connectivity index (χ2n) is 4.88. The Morgan fingerprint density at radius 1 is 1.15 bits per heavy atom. The molecule has 1 unspecified atom stereocenters. The maximum absolute atomic E-state index is 12.2. The van der Waals surface area contributed by atoms with E-state index in [2.05, 4.69) is 0 Å². The van der Waals surface area contributed by atoms with Crippen molar-refractivity contribution in [2.75, 3.05) is 0 Å². The lowest BCUT2D eigenvalue weighted by Gasteiger charge is -2.26. The first-order valence-corrected chi connectivity index (χ1v) is 7.05. The van der Waals surface area contributed by atoms with Gasteiger partial charge < -0.3 is 4.74 Å². The van der Waals surface area contributed by atoms with Crippen LogP contribution >= 0.6 is 23.2 Å². The van der Waals surface area contributed by atoms with Gasteiger partial charge in [0, 0.05) is 10.0 Å². The second-order valence-corrected chi connectivity index (χ2v) is 5.73. The third-order valence-corrected chi connectivity index (χ3v) is 4.09. The molecule has 1 aliphatic rings. The fourth-order valence-corrected chi connectivity index (χ4v) is 2.65. The molecule has 0 N–H and O–H groups in total. The molecule has 0 saturated carbocycles. The van der Waals surface area contributed by atoms with Crippen LogP contribution in [0, 0.1) is 6.92 Å². The maximum atomic E-state index is 12.2. The molecule has 3 rings (SSSR count). The van der Waals surface area contributed by atoms with Gasteiger partial charge in [-0.05, 0) is 42.3 Å². The zero-order chi connectivity index (χ0) is 14.3. The normalized spacial score (nSPS) is 17.6. The minimum Gasteiger partial charge on any atom is -0.484 e. The van der Waals surface area contributed by atoms with E-state index in [0.717, 1.165) is 11.1 Å². The Morgan fingerprint density at radius 2 is 1.95 bits per heavy atom. The Morgan fingerprint density at radius 3 is 2.70 bits per heavy atom. The lowest BCUT2D eigenvalue weighted by atomic mass is 9.96. The van der Waals surface area contributed by atoms with Crippen molar-refractivity contribution in [3.63, 3.8) is 0 Å². The molecule has 1 atom stereocenters. The predicted octanol–water partition coefficient (Wildman–Crippen LogP) is 5.01. The topological polar surface area (TPSA) is 26.3 Å². The van der Waals surface area contributed by atoms with Crippen LogP contribution in [0.3, 0.4) is 0 Å². The van der Waals surface area contributed by atoms with Crippen molar-refractivity contribution in [3.05, 3.63) is 63.1 Å². The van der Waals surface area contributed by atoms with E-state index in [0.29, 0.717) is 27.8 Å².